The first-order valence-corrected chi connectivity index (χ1v) is 7.67. The van der Waals surface area contributed by atoms with E-state index >= 15 is 0 Å². The molecule has 2 unspecified atom stereocenters. The zero-order chi connectivity index (χ0) is 18.4. The first kappa shape index (κ1) is 21.8. The topological polar surface area (TPSA) is 64.3 Å². The van der Waals surface area contributed by atoms with Crippen molar-refractivity contribution < 1.29 is 22.7 Å². The highest BCUT2D eigenvalue weighted by Crippen LogP contribution is 2.23. The summed E-state index contributed by atoms with van der Waals surface area (Å²) in [6.07, 6.45) is -4.39. The van der Waals surface area contributed by atoms with E-state index < -0.39 is 24.7 Å². The van der Waals surface area contributed by atoms with Crippen LogP contribution in [0.2, 0.25) is 0 Å². The van der Waals surface area contributed by atoms with Crippen LogP contribution in [-0.4, -0.2) is 18.7 Å². The lowest BCUT2D eigenvalue weighted by Crippen LogP contribution is -2.30. The van der Waals surface area contributed by atoms with Crippen molar-refractivity contribution in [3.63, 3.8) is 0 Å². The fraction of sp³-hybridized carbons (Fsp3) is 0.278. The number of rotatable bonds is 6. The number of hydrogen-bond donors (Lipinski definition) is 2. The van der Waals surface area contributed by atoms with E-state index in [-0.39, 0.29) is 24.1 Å². The van der Waals surface area contributed by atoms with Crippen molar-refractivity contribution in [1.29, 1.82) is 0 Å². The predicted octanol–water partition coefficient (Wildman–Crippen LogP) is 4.32. The summed E-state index contributed by atoms with van der Waals surface area (Å²) < 4.78 is 40.9. The summed E-state index contributed by atoms with van der Waals surface area (Å²) >= 11 is 0. The van der Waals surface area contributed by atoms with Gasteiger partial charge in [0.1, 0.15) is 5.75 Å². The second kappa shape index (κ2) is 9.45. The number of carbonyl (C=O) groups is 1. The van der Waals surface area contributed by atoms with Gasteiger partial charge in [0.05, 0.1) is 5.92 Å². The van der Waals surface area contributed by atoms with Crippen molar-refractivity contribution in [2.24, 2.45) is 11.7 Å². The highest BCUT2D eigenvalue weighted by Gasteiger charge is 2.28. The van der Waals surface area contributed by atoms with Crippen LogP contribution >= 0.6 is 12.4 Å². The van der Waals surface area contributed by atoms with Crippen molar-refractivity contribution >= 4 is 24.0 Å². The fourth-order valence-electron chi connectivity index (χ4n) is 2.18. The van der Waals surface area contributed by atoms with Crippen LogP contribution in [0.4, 0.5) is 18.9 Å². The van der Waals surface area contributed by atoms with E-state index in [1.165, 1.54) is 24.3 Å². The van der Waals surface area contributed by atoms with Gasteiger partial charge in [0.25, 0.3) is 0 Å². The number of nitrogens with one attached hydrogen (secondary N) is 1. The van der Waals surface area contributed by atoms with Crippen LogP contribution in [0.1, 0.15) is 18.5 Å². The van der Waals surface area contributed by atoms with Gasteiger partial charge in [-0.15, -0.1) is 12.4 Å². The molecule has 26 heavy (non-hydrogen) atoms. The van der Waals surface area contributed by atoms with Crippen LogP contribution in [0.25, 0.3) is 0 Å². The number of ether oxygens (including phenoxy) is 1. The summed E-state index contributed by atoms with van der Waals surface area (Å²) in [5, 5.41) is 2.70. The summed E-state index contributed by atoms with van der Waals surface area (Å²) in [5.41, 5.74) is 7.41. The third-order valence-corrected chi connectivity index (χ3v) is 3.66. The van der Waals surface area contributed by atoms with Crippen molar-refractivity contribution in [2.45, 2.75) is 19.1 Å². The zero-order valence-electron chi connectivity index (χ0n) is 14.0. The second-order valence-corrected chi connectivity index (χ2v) is 5.64. The number of hydrogen-bond acceptors (Lipinski definition) is 3. The molecule has 0 heterocycles. The smallest absolute Gasteiger partial charge is 0.422 e. The van der Waals surface area contributed by atoms with Gasteiger partial charge >= 0.3 is 6.18 Å². The highest BCUT2D eigenvalue weighted by molar-refractivity contribution is 5.92. The molecule has 0 spiro atoms. The summed E-state index contributed by atoms with van der Waals surface area (Å²) in [4.78, 5) is 12.3. The summed E-state index contributed by atoms with van der Waals surface area (Å²) in [7, 11) is 0. The van der Waals surface area contributed by atoms with Gasteiger partial charge in [0.2, 0.25) is 5.91 Å². The van der Waals surface area contributed by atoms with E-state index in [0.29, 0.717) is 5.69 Å². The van der Waals surface area contributed by atoms with E-state index in [4.69, 9.17) is 5.73 Å². The summed E-state index contributed by atoms with van der Waals surface area (Å²) in [5.74, 6) is -0.687. The Hall–Kier alpha value is -2.25. The maximum atomic E-state index is 12.3. The molecule has 0 radical (unpaired) electrons. The number of benzene rings is 2. The Balaban J connectivity index is 0.00000338. The minimum absolute atomic E-state index is 0. The highest BCUT2D eigenvalue weighted by atomic mass is 35.5. The minimum atomic E-state index is -4.39. The second-order valence-electron chi connectivity index (χ2n) is 5.64. The van der Waals surface area contributed by atoms with Crippen molar-refractivity contribution in [3.05, 3.63) is 60.2 Å². The van der Waals surface area contributed by atoms with Crippen LogP contribution in [-0.2, 0) is 4.79 Å². The monoisotopic (exact) mass is 388 g/mol. The molecular weight excluding hydrogens is 369 g/mol. The first-order valence-electron chi connectivity index (χ1n) is 7.67. The molecule has 0 aliphatic carbocycles. The number of nitrogens with two attached hydrogens (primary N) is 1. The van der Waals surface area contributed by atoms with Crippen LogP contribution in [0, 0.1) is 5.92 Å². The Morgan fingerprint density at radius 3 is 2.23 bits per heavy atom. The molecule has 0 saturated carbocycles. The lowest BCUT2D eigenvalue weighted by Gasteiger charge is -2.20. The third-order valence-electron chi connectivity index (χ3n) is 3.66. The average molecular weight is 389 g/mol. The molecular formula is C18H20ClF3N2O2. The van der Waals surface area contributed by atoms with Gasteiger partial charge in [0.15, 0.2) is 6.61 Å². The Bertz CT molecular complexity index is 694. The van der Waals surface area contributed by atoms with Gasteiger partial charge in [-0.1, -0.05) is 37.3 Å². The van der Waals surface area contributed by atoms with E-state index in [1.807, 2.05) is 30.3 Å². The number of halogens is 4. The predicted molar refractivity (Wildman–Crippen MR) is 96.4 cm³/mol. The van der Waals surface area contributed by atoms with E-state index in [1.54, 1.807) is 6.92 Å². The molecule has 2 aromatic carbocycles. The maximum Gasteiger partial charge on any atom is 0.422 e. The normalized spacial score (nSPS) is 13.3. The Kier molecular flexibility index (Phi) is 7.92. The SMILES string of the molecule is CC(C(=O)Nc1ccc(OCC(F)(F)F)cc1)C(N)c1ccccc1.Cl. The van der Waals surface area contributed by atoms with E-state index in [2.05, 4.69) is 10.1 Å². The molecule has 1 amide bonds. The largest absolute Gasteiger partial charge is 0.484 e. The van der Waals surface area contributed by atoms with Gasteiger partial charge in [-0.25, -0.2) is 0 Å². The zero-order valence-corrected chi connectivity index (χ0v) is 14.8. The van der Waals surface area contributed by atoms with Crippen molar-refractivity contribution in [3.8, 4) is 5.75 Å². The third kappa shape index (κ3) is 6.57. The molecule has 8 heteroatoms. The standard InChI is InChI=1S/C18H19F3N2O2.ClH/c1-12(16(22)13-5-3-2-4-6-13)17(24)23-14-7-9-15(10-8-14)25-11-18(19,20)21;/h2-10,12,16H,11,22H2,1H3,(H,23,24);1H. The first-order chi connectivity index (χ1) is 11.8. The molecule has 0 aliphatic heterocycles. The van der Waals surface area contributed by atoms with E-state index in [0.717, 1.165) is 5.56 Å². The van der Waals surface area contributed by atoms with Gasteiger partial charge in [0, 0.05) is 11.7 Å². The molecule has 142 valence electrons. The van der Waals surface area contributed by atoms with Gasteiger partial charge in [-0.05, 0) is 29.8 Å². The van der Waals surface area contributed by atoms with Crippen LogP contribution in [0.15, 0.2) is 54.6 Å². The summed E-state index contributed by atoms with van der Waals surface area (Å²) in [6, 6.07) is 14.5. The van der Waals surface area contributed by atoms with Gasteiger partial charge < -0.3 is 15.8 Å². The fourth-order valence-corrected chi connectivity index (χ4v) is 2.18. The number of carbonyl (C=O) groups excluding carboxylic acids is 1. The molecule has 0 bridgehead atoms. The van der Waals surface area contributed by atoms with E-state index in [9.17, 15) is 18.0 Å². The van der Waals surface area contributed by atoms with Crippen molar-refractivity contribution in [2.75, 3.05) is 11.9 Å². The lowest BCUT2D eigenvalue weighted by atomic mass is 9.94. The Morgan fingerprint density at radius 2 is 1.69 bits per heavy atom. The molecule has 3 N–H and O–H groups in total. The minimum Gasteiger partial charge on any atom is -0.484 e. The molecule has 2 rings (SSSR count). The van der Waals surface area contributed by atoms with Crippen LogP contribution in [0.3, 0.4) is 0 Å². The van der Waals surface area contributed by atoms with Gasteiger partial charge in [-0.3, -0.25) is 4.79 Å². The Morgan fingerprint density at radius 1 is 1.12 bits per heavy atom. The number of alkyl halides is 3. The maximum absolute atomic E-state index is 12.3. The quantitative estimate of drug-likeness (QED) is 0.774. The van der Waals surface area contributed by atoms with Crippen LogP contribution < -0.4 is 15.8 Å². The summed E-state index contributed by atoms with van der Waals surface area (Å²) in [6.45, 7) is 0.357. The molecule has 0 aliphatic rings. The van der Waals surface area contributed by atoms with Gasteiger partial charge in [-0.2, -0.15) is 13.2 Å². The number of amides is 1. The van der Waals surface area contributed by atoms with Crippen molar-refractivity contribution in [1.82, 2.24) is 0 Å². The lowest BCUT2D eigenvalue weighted by molar-refractivity contribution is -0.153. The number of anilines is 1. The molecule has 0 aromatic heterocycles. The van der Waals surface area contributed by atoms with Crippen LogP contribution in [0.5, 0.6) is 5.75 Å². The molecule has 2 aromatic rings. The Labute approximate surface area is 155 Å². The molecule has 0 saturated heterocycles. The molecule has 0 fully saturated rings. The average Bonchev–Trinajstić information content (AvgIpc) is 2.60. The molecule has 4 nitrogen and oxygen atoms in total. The molecule has 2 atom stereocenters.